The van der Waals surface area contributed by atoms with Crippen molar-refractivity contribution in [1.82, 2.24) is 15.2 Å². The lowest BCUT2D eigenvalue weighted by Crippen LogP contribution is -2.40. The molecule has 1 saturated heterocycles. The summed E-state index contributed by atoms with van der Waals surface area (Å²) in [5, 5.41) is 3.49. The van der Waals surface area contributed by atoms with Crippen molar-refractivity contribution in [1.29, 1.82) is 0 Å². The number of rotatable bonds is 6. The number of methoxy groups -OCH3 is 2. The lowest BCUT2D eigenvalue weighted by Gasteiger charge is -2.22. The van der Waals surface area contributed by atoms with Crippen molar-refractivity contribution in [3.63, 3.8) is 0 Å². The molecule has 2 aromatic rings. The summed E-state index contributed by atoms with van der Waals surface area (Å²) in [5.74, 6) is 3.06. The minimum atomic E-state index is 0.434. The van der Waals surface area contributed by atoms with Gasteiger partial charge in [0.25, 0.3) is 0 Å². The number of likely N-dealkylation sites (tertiary alicyclic amines) is 1. The second-order valence-electron chi connectivity index (χ2n) is 7.11. The molecule has 1 N–H and O–H groups in total. The van der Waals surface area contributed by atoms with Crippen LogP contribution in [0.5, 0.6) is 11.5 Å². The average molecular weight is 383 g/mol. The number of pyridine rings is 1. The summed E-state index contributed by atoms with van der Waals surface area (Å²) < 4.78 is 10.8. The number of guanidine groups is 1. The van der Waals surface area contributed by atoms with Crippen molar-refractivity contribution in [2.24, 2.45) is 4.99 Å². The lowest BCUT2D eigenvalue weighted by atomic mass is 9.98. The fourth-order valence-corrected chi connectivity index (χ4v) is 3.59. The number of aliphatic imine (C=N–C) groups is 1. The van der Waals surface area contributed by atoms with Gasteiger partial charge in [0.2, 0.25) is 0 Å². The number of ether oxygens (including phenoxy) is 2. The molecule has 0 saturated carbocycles. The molecule has 1 aromatic heterocycles. The van der Waals surface area contributed by atoms with Gasteiger partial charge >= 0.3 is 0 Å². The summed E-state index contributed by atoms with van der Waals surface area (Å²) >= 11 is 0. The van der Waals surface area contributed by atoms with Gasteiger partial charge in [-0.3, -0.25) is 9.98 Å². The van der Waals surface area contributed by atoms with E-state index in [0.717, 1.165) is 55.6 Å². The SMILES string of the molecule is CN=C(NCCc1ccc(C)nc1)N1CCC(c2cc(OC)cc(OC)c2)C1. The van der Waals surface area contributed by atoms with Crippen molar-refractivity contribution >= 4 is 5.96 Å². The standard InChI is InChI=1S/C22H30N4O2/c1-16-5-6-17(14-25-16)7-9-24-22(23-2)26-10-8-18(15-26)19-11-20(27-3)13-21(12-19)28-4/h5-6,11-14,18H,7-10,15H2,1-4H3,(H,23,24). The molecule has 0 bridgehead atoms. The molecule has 3 rings (SSSR count). The van der Waals surface area contributed by atoms with Crippen LogP contribution in [0.3, 0.4) is 0 Å². The van der Waals surface area contributed by atoms with Crippen LogP contribution in [-0.4, -0.2) is 56.7 Å². The Bertz CT molecular complexity index is 782. The zero-order valence-electron chi connectivity index (χ0n) is 17.2. The van der Waals surface area contributed by atoms with Gasteiger partial charge in [-0.2, -0.15) is 0 Å². The molecule has 1 fully saturated rings. The predicted octanol–water partition coefficient (Wildman–Crippen LogP) is 3.01. The number of nitrogens with one attached hydrogen (secondary N) is 1. The Hall–Kier alpha value is -2.76. The molecule has 1 aromatic carbocycles. The Morgan fingerprint density at radius 3 is 2.57 bits per heavy atom. The zero-order valence-corrected chi connectivity index (χ0v) is 17.2. The van der Waals surface area contributed by atoms with Gasteiger partial charge in [-0.1, -0.05) is 6.07 Å². The predicted molar refractivity (Wildman–Crippen MR) is 113 cm³/mol. The Labute approximate surface area is 167 Å². The normalized spacial score (nSPS) is 16.9. The van der Waals surface area contributed by atoms with E-state index in [-0.39, 0.29) is 0 Å². The van der Waals surface area contributed by atoms with E-state index in [1.165, 1.54) is 11.1 Å². The van der Waals surface area contributed by atoms with Gasteiger partial charge in [0.05, 0.1) is 14.2 Å². The monoisotopic (exact) mass is 382 g/mol. The molecule has 1 atom stereocenters. The molecule has 2 heterocycles. The number of benzene rings is 1. The number of aryl methyl sites for hydroxylation is 1. The third kappa shape index (κ3) is 4.94. The Morgan fingerprint density at radius 1 is 1.21 bits per heavy atom. The van der Waals surface area contributed by atoms with Gasteiger partial charge in [-0.15, -0.1) is 0 Å². The minimum Gasteiger partial charge on any atom is -0.497 e. The fourth-order valence-electron chi connectivity index (χ4n) is 3.59. The summed E-state index contributed by atoms with van der Waals surface area (Å²) in [4.78, 5) is 11.2. The van der Waals surface area contributed by atoms with Gasteiger partial charge in [-0.05, 0) is 49.1 Å². The quantitative estimate of drug-likeness (QED) is 0.615. The Morgan fingerprint density at radius 2 is 1.96 bits per heavy atom. The molecule has 0 amide bonds. The topological polar surface area (TPSA) is 59.0 Å². The van der Waals surface area contributed by atoms with Crippen LogP contribution >= 0.6 is 0 Å². The molecular weight excluding hydrogens is 352 g/mol. The Balaban J connectivity index is 1.58. The van der Waals surface area contributed by atoms with Crippen molar-refractivity contribution in [2.75, 3.05) is 40.9 Å². The summed E-state index contributed by atoms with van der Waals surface area (Å²) in [6.45, 7) is 4.76. The highest BCUT2D eigenvalue weighted by Gasteiger charge is 2.26. The van der Waals surface area contributed by atoms with E-state index in [9.17, 15) is 0 Å². The molecule has 150 valence electrons. The minimum absolute atomic E-state index is 0.434. The first-order valence-corrected chi connectivity index (χ1v) is 9.73. The van der Waals surface area contributed by atoms with Crippen molar-refractivity contribution in [3.05, 3.63) is 53.3 Å². The van der Waals surface area contributed by atoms with Crippen LogP contribution in [0.4, 0.5) is 0 Å². The molecule has 6 heteroatoms. The van der Waals surface area contributed by atoms with Crippen LogP contribution in [-0.2, 0) is 6.42 Å². The third-order valence-electron chi connectivity index (χ3n) is 5.21. The molecule has 28 heavy (non-hydrogen) atoms. The highest BCUT2D eigenvalue weighted by Crippen LogP contribution is 2.32. The van der Waals surface area contributed by atoms with Crippen LogP contribution in [0.2, 0.25) is 0 Å². The maximum atomic E-state index is 5.42. The van der Waals surface area contributed by atoms with Crippen LogP contribution in [0.15, 0.2) is 41.5 Å². The molecule has 0 radical (unpaired) electrons. The fraction of sp³-hybridized carbons (Fsp3) is 0.455. The van der Waals surface area contributed by atoms with Crippen LogP contribution in [0.1, 0.15) is 29.2 Å². The molecular formula is C22H30N4O2. The number of hydrogen-bond acceptors (Lipinski definition) is 4. The first-order valence-electron chi connectivity index (χ1n) is 9.73. The van der Waals surface area contributed by atoms with E-state index < -0.39 is 0 Å². The molecule has 1 aliphatic rings. The first kappa shape index (κ1) is 20.0. The van der Waals surface area contributed by atoms with Gasteiger partial charge in [-0.25, -0.2) is 0 Å². The highest BCUT2D eigenvalue weighted by atomic mass is 16.5. The van der Waals surface area contributed by atoms with E-state index >= 15 is 0 Å². The number of aromatic nitrogens is 1. The number of hydrogen-bond donors (Lipinski definition) is 1. The first-order chi connectivity index (χ1) is 13.6. The molecule has 6 nitrogen and oxygen atoms in total. The van der Waals surface area contributed by atoms with Crippen molar-refractivity contribution < 1.29 is 9.47 Å². The second kappa shape index (κ2) is 9.44. The van der Waals surface area contributed by atoms with Gasteiger partial charge in [0.15, 0.2) is 5.96 Å². The maximum Gasteiger partial charge on any atom is 0.193 e. The van der Waals surface area contributed by atoms with Crippen molar-refractivity contribution in [3.8, 4) is 11.5 Å². The molecule has 0 spiro atoms. The molecule has 1 unspecified atom stereocenters. The number of nitrogens with zero attached hydrogens (tertiary/aromatic N) is 3. The Kier molecular flexibility index (Phi) is 6.74. The van der Waals surface area contributed by atoms with Crippen LogP contribution < -0.4 is 14.8 Å². The zero-order chi connectivity index (χ0) is 19.9. The van der Waals surface area contributed by atoms with Crippen LogP contribution in [0, 0.1) is 6.92 Å². The third-order valence-corrected chi connectivity index (χ3v) is 5.21. The van der Waals surface area contributed by atoms with Gasteiger partial charge in [0.1, 0.15) is 11.5 Å². The van der Waals surface area contributed by atoms with Gasteiger partial charge in [0, 0.05) is 50.6 Å². The van der Waals surface area contributed by atoms with E-state index in [0.29, 0.717) is 5.92 Å². The molecule has 0 aliphatic carbocycles. The summed E-state index contributed by atoms with van der Waals surface area (Å²) in [6, 6.07) is 10.3. The van der Waals surface area contributed by atoms with E-state index in [1.807, 2.05) is 26.2 Å². The second-order valence-corrected chi connectivity index (χ2v) is 7.11. The lowest BCUT2D eigenvalue weighted by molar-refractivity contribution is 0.392. The van der Waals surface area contributed by atoms with E-state index in [1.54, 1.807) is 14.2 Å². The largest absolute Gasteiger partial charge is 0.497 e. The van der Waals surface area contributed by atoms with E-state index in [2.05, 4.69) is 44.5 Å². The average Bonchev–Trinajstić information content (AvgIpc) is 3.22. The maximum absolute atomic E-state index is 5.42. The van der Waals surface area contributed by atoms with Crippen LogP contribution in [0.25, 0.3) is 0 Å². The van der Waals surface area contributed by atoms with E-state index in [4.69, 9.17) is 9.47 Å². The highest BCUT2D eigenvalue weighted by molar-refractivity contribution is 5.80. The summed E-state index contributed by atoms with van der Waals surface area (Å²) in [6.07, 6.45) is 3.96. The summed E-state index contributed by atoms with van der Waals surface area (Å²) in [5.41, 5.74) is 3.53. The van der Waals surface area contributed by atoms with Crippen molar-refractivity contribution in [2.45, 2.75) is 25.7 Å². The molecule has 1 aliphatic heterocycles. The van der Waals surface area contributed by atoms with Gasteiger partial charge < -0.3 is 19.7 Å². The summed E-state index contributed by atoms with van der Waals surface area (Å²) in [7, 11) is 5.22. The smallest absolute Gasteiger partial charge is 0.193 e.